The number of alkyl halides is 3. The number of pyridine rings is 1. The zero-order valence-corrected chi connectivity index (χ0v) is 24.9. The number of rotatable bonds is 6. The van der Waals surface area contributed by atoms with E-state index in [1.807, 2.05) is 6.07 Å². The third-order valence-electron chi connectivity index (χ3n) is 9.28. The lowest BCUT2D eigenvalue weighted by Gasteiger charge is -2.55. The Hall–Kier alpha value is -2.45. The van der Waals surface area contributed by atoms with Gasteiger partial charge in [-0.3, -0.25) is 9.80 Å². The van der Waals surface area contributed by atoms with Crippen molar-refractivity contribution in [2.45, 2.75) is 60.9 Å². The van der Waals surface area contributed by atoms with Crippen LogP contribution in [0.25, 0.3) is 10.6 Å². The molecule has 42 heavy (non-hydrogen) atoms. The number of anilines is 3. The summed E-state index contributed by atoms with van der Waals surface area (Å²) in [5.74, 6) is 2.43. The second kappa shape index (κ2) is 10.3. The molecule has 1 N–H and O–H groups in total. The third-order valence-corrected chi connectivity index (χ3v) is 11.6. The fraction of sp³-hybridized carbons (Fsp3) is 0.552. The number of piperidine rings is 1. The molecule has 6 aliphatic rings. The van der Waals surface area contributed by atoms with E-state index >= 15 is 0 Å². The number of likely N-dealkylation sites (N-methyl/N-ethyl adjacent to an activating group) is 1. The molecule has 8 heterocycles. The average Bonchev–Trinajstić information content (AvgIpc) is 3.75. The van der Waals surface area contributed by atoms with E-state index in [1.54, 1.807) is 18.0 Å². The van der Waals surface area contributed by atoms with Crippen LogP contribution in [0.15, 0.2) is 29.4 Å². The van der Waals surface area contributed by atoms with Gasteiger partial charge < -0.3 is 15.0 Å². The monoisotopic (exact) mass is 615 g/mol. The van der Waals surface area contributed by atoms with Crippen LogP contribution < -0.4 is 10.2 Å². The molecule has 0 aromatic carbocycles. The number of fused-ring (bicyclic) bond motifs is 3. The summed E-state index contributed by atoms with van der Waals surface area (Å²) in [6.45, 7) is 5.03. The number of aromatic nitrogens is 3. The first-order valence-corrected chi connectivity index (χ1v) is 16.4. The SMILES string of the molecule is CN1C2CC1CN(c1cc(C3CC3)c(Nc3ncc(C(F)(F)F)c(-c4cc5c(s4)CN(C4COC4)CCS5)n3)cn1)C2. The minimum atomic E-state index is -4.57. The maximum absolute atomic E-state index is 14.2. The van der Waals surface area contributed by atoms with Crippen molar-refractivity contribution in [3.05, 3.63) is 40.5 Å². The lowest BCUT2D eigenvalue weighted by molar-refractivity contribution is -0.137. The molecule has 1 saturated carbocycles. The van der Waals surface area contributed by atoms with Gasteiger partial charge in [-0.1, -0.05) is 0 Å². The molecule has 13 heteroatoms. The first-order chi connectivity index (χ1) is 20.3. The van der Waals surface area contributed by atoms with Crippen molar-refractivity contribution in [1.82, 2.24) is 24.8 Å². The molecule has 8 nitrogen and oxygen atoms in total. The van der Waals surface area contributed by atoms with Crippen LogP contribution in [0.4, 0.5) is 30.6 Å². The van der Waals surface area contributed by atoms with E-state index in [0.29, 0.717) is 42.1 Å². The predicted octanol–water partition coefficient (Wildman–Crippen LogP) is 5.44. The number of hydrogen-bond donors (Lipinski definition) is 1. The Balaban J connectivity index is 1.09. The maximum Gasteiger partial charge on any atom is 0.420 e. The normalized spacial score (nSPS) is 25.0. The van der Waals surface area contributed by atoms with Crippen LogP contribution >= 0.6 is 23.1 Å². The summed E-state index contributed by atoms with van der Waals surface area (Å²) < 4.78 is 47.9. The number of thioether (sulfide) groups is 1. The molecule has 5 aliphatic heterocycles. The maximum atomic E-state index is 14.2. The summed E-state index contributed by atoms with van der Waals surface area (Å²) in [6.07, 6.45) is 1.58. The molecule has 2 atom stereocenters. The molecule has 4 saturated heterocycles. The van der Waals surface area contributed by atoms with E-state index in [4.69, 9.17) is 9.72 Å². The molecule has 9 rings (SSSR count). The summed E-state index contributed by atoms with van der Waals surface area (Å²) in [5.41, 5.74) is 1.01. The van der Waals surface area contributed by atoms with Crippen LogP contribution in [0, 0.1) is 0 Å². The Bertz CT molecular complexity index is 1500. The second-order valence-corrected chi connectivity index (χ2v) is 14.3. The molecule has 2 bridgehead atoms. The number of hydrogen-bond acceptors (Lipinski definition) is 10. The Labute approximate surface area is 250 Å². The number of piperazine rings is 1. The summed E-state index contributed by atoms with van der Waals surface area (Å²) in [5, 5.41) is 3.24. The number of ether oxygens (including phenoxy) is 1. The van der Waals surface area contributed by atoms with Gasteiger partial charge in [-0.15, -0.1) is 23.1 Å². The summed E-state index contributed by atoms with van der Waals surface area (Å²) >= 11 is 3.10. The number of thiophene rings is 1. The van der Waals surface area contributed by atoms with E-state index in [0.717, 1.165) is 77.8 Å². The van der Waals surface area contributed by atoms with E-state index in [9.17, 15) is 13.2 Å². The molecule has 1 aliphatic carbocycles. The zero-order valence-electron chi connectivity index (χ0n) is 23.2. The first kappa shape index (κ1) is 27.1. The molecule has 5 fully saturated rings. The van der Waals surface area contributed by atoms with Crippen LogP contribution in [-0.2, 0) is 17.5 Å². The van der Waals surface area contributed by atoms with Crippen molar-refractivity contribution in [1.29, 1.82) is 0 Å². The van der Waals surface area contributed by atoms with E-state index in [2.05, 4.69) is 43.1 Å². The second-order valence-electron chi connectivity index (χ2n) is 12.0. The summed E-state index contributed by atoms with van der Waals surface area (Å²) in [4.78, 5) is 23.2. The van der Waals surface area contributed by atoms with Gasteiger partial charge in [0.15, 0.2) is 0 Å². The molecule has 0 radical (unpaired) electrons. The lowest BCUT2D eigenvalue weighted by Crippen LogP contribution is -2.67. The number of nitrogens with one attached hydrogen (secondary N) is 1. The Morgan fingerprint density at radius 2 is 1.86 bits per heavy atom. The molecule has 0 spiro atoms. The highest BCUT2D eigenvalue weighted by molar-refractivity contribution is 7.99. The third kappa shape index (κ3) is 4.96. The fourth-order valence-electron chi connectivity index (χ4n) is 6.45. The average molecular weight is 616 g/mol. The molecular formula is C29H32F3N7OS2. The molecular weight excluding hydrogens is 583 g/mol. The molecule has 2 unspecified atom stereocenters. The largest absolute Gasteiger partial charge is 0.420 e. The van der Waals surface area contributed by atoms with Crippen molar-refractivity contribution < 1.29 is 17.9 Å². The predicted molar refractivity (Wildman–Crippen MR) is 158 cm³/mol. The van der Waals surface area contributed by atoms with Crippen LogP contribution in [0.1, 0.15) is 41.2 Å². The van der Waals surface area contributed by atoms with Gasteiger partial charge in [0.2, 0.25) is 5.95 Å². The van der Waals surface area contributed by atoms with E-state index < -0.39 is 11.7 Å². The number of nitrogens with zero attached hydrogens (tertiary/aromatic N) is 6. The van der Waals surface area contributed by atoms with Gasteiger partial charge in [-0.2, -0.15) is 13.2 Å². The van der Waals surface area contributed by atoms with Gasteiger partial charge in [0.1, 0.15) is 11.4 Å². The fourth-order valence-corrected chi connectivity index (χ4v) is 8.89. The molecule has 3 aromatic rings. The van der Waals surface area contributed by atoms with Gasteiger partial charge in [-0.25, -0.2) is 15.0 Å². The van der Waals surface area contributed by atoms with Crippen molar-refractivity contribution in [3.63, 3.8) is 0 Å². The highest BCUT2D eigenvalue weighted by atomic mass is 32.2. The Morgan fingerprint density at radius 1 is 1.05 bits per heavy atom. The minimum Gasteiger partial charge on any atom is -0.378 e. The Kier molecular flexibility index (Phi) is 6.67. The zero-order chi connectivity index (χ0) is 28.6. The van der Waals surface area contributed by atoms with Crippen molar-refractivity contribution in [3.8, 4) is 10.6 Å². The van der Waals surface area contributed by atoms with Crippen molar-refractivity contribution in [2.24, 2.45) is 0 Å². The highest BCUT2D eigenvalue weighted by Crippen LogP contribution is 2.46. The minimum absolute atomic E-state index is 0.0774. The standard InChI is InChI=1S/C29H32F3N7OS2/c1-37-17-6-18(37)12-39(11-17)26-7-20(16-2-3-16)22(10-33-26)35-28-34-9-21(29(30,31)32)27(36-28)24-8-23-25(42-24)13-38(4-5-41-23)19-14-40-15-19/h7-10,16-19H,2-6,11-15H2,1H3,(H,34,35,36). The number of halogens is 3. The van der Waals surface area contributed by atoms with Crippen LogP contribution in [0.3, 0.4) is 0 Å². The van der Waals surface area contributed by atoms with Crippen molar-refractivity contribution in [2.75, 3.05) is 55.9 Å². The van der Waals surface area contributed by atoms with Crippen molar-refractivity contribution >= 4 is 40.6 Å². The van der Waals surface area contributed by atoms with Gasteiger partial charge >= 0.3 is 6.18 Å². The summed E-state index contributed by atoms with van der Waals surface area (Å²) in [7, 11) is 2.19. The molecule has 3 aromatic heterocycles. The summed E-state index contributed by atoms with van der Waals surface area (Å²) in [6, 6.07) is 5.56. The van der Waals surface area contributed by atoms with Gasteiger partial charge in [0.05, 0.1) is 41.7 Å². The van der Waals surface area contributed by atoms with Crippen LogP contribution in [0.5, 0.6) is 0 Å². The Morgan fingerprint density at radius 3 is 2.55 bits per heavy atom. The van der Waals surface area contributed by atoms with Gasteiger partial charge in [0, 0.05) is 60.0 Å². The lowest BCUT2D eigenvalue weighted by atomic mass is 9.88. The molecule has 0 amide bonds. The van der Waals surface area contributed by atoms with Crippen LogP contribution in [-0.4, -0.2) is 88.5 Å². The van der Waals surface area contributed by atoms with Gasteiger partial charge in [0.25, 0.3) is 0 Å². The quantitative estimate of drug-likeness (QED) is 0.391. The van der Waals surface area contributed by atoms with Gasteiger partial charge in [-0.05, 0) is 49.9 Å². The van der Waals surface area contributed by atoms with Crippen LogP contribution in [0.2, 0.25) is 0 Å². The smallest absolute Gasteiger partial charge is 0.378 e. The molecule has 222 valence electrons. The topological polar surface area (TPSA) is 69.7 Å². The first-order valence-electron chi connectivity index (χ1n) is 14.6. The van der Waals surface area contributed by atoms with E-state index in [1.165, 1.54) is 17.8 Å². The van der Waals surface area contributed by atoms with E-state index in [-0.39, 0.29) is 11.6 Å². The highest BCUT2D eigenvalue weighted by Gasteiger charge is 2.43.